The number of phenols is 2. The molecule has 4 rings (SSSR count). The minimum absolute atomic E-state index is 0.0256. The largest absolute Gasteiger partial charge is 0.505 e. The number of aliphatic hydroxyl groups is 1. The van der Waals surface area contributed by atoms with Gasteiger partial charge in [-0.05, 0) is 78.7 Å². The van der Waals surface area contributed by atoms with E-state index in [0.717, 1.165) is 6.08 Å². The molecule has 0 amide bonds. The van der Waals surface area contributed by atoms with Crippen LogP contribution in [0.5, 0.6) is 23.0 Å². The number of allylic oxidation sites excluding steroid dienone is 2. The first-order valence-electron chi connectivity index (χ1n) is 13.0. The lowest BCUT2D eigenvalue weighted by atomic mass is 10.1. The predicted octanol–water partition coefficient (Wildman–Crippen LogP) is 6.06. The van der Waals surface area contributed by atoms with Gasteiger partial charge >= 0.3 is 0 Å². The highest BCUT2D eigenvalue weighted by molar-refractivity contribution is 7.92. The molecule has 0 fully saturated rings. The molecule has 13 nitrogen and oxygen atoms in total. The Morgan fingerprint density at radius 2 is 1.47 bits per heavy atom. The quantitative estimate of drug-likeness (QED) is 0.0617. The van der Waals surface area contributed by atoms with Crippen molar-refractivity contribution in [1.82, 2.24) is 5.16 Å². The molecule has 0 radical (unpaired) electrons. The summed E-state index contributed by atoms with van der Waals surface area (Å²) in [6, 6.07) is 15.7. The van der Waals surface area contributed by atoms with E-state index in [-0.39, 0.29) is 39.4 Å². The van der Waals surface area contributed by atoms with Gasteiger partial charge in [0.1, 0.15) is 11.5 Å². The van der Waals surface area contributed by atoms with Crippen LogP contribution in [0.15, 0.2) is 110 Å². The van der Waals surface area contributed by atoms with Crippen LogP contribution in [-0.2, 0) is 14.8 Å². The topological polar surface area (TPSA) is 193 Å². The van der Waals surface area contributed by atoms with E-state index in [4.69, 9.17) is 14.0 Å². The summed E-state index contributed by atoms with van der Waals surface area (Å²) < 4.78 is 42.7. The third-order valence-electron chi connectivity index (χ3n) is 6.02. The second kappa shape index (κ2) is 14.1. The van der Waals surface area contributed by atoms with Gasteiger partial charge in [-0.25, -0.2) is 8.42 Å². The van der Waals surface area contributed by atoms with Crippen LogP contribution in [0.4, 0.5) is 11.5 Å². The number of methoxy groups -OCH3 is 2. The second-order valence-corrected chi connectivity index (χ2v) is 10.9. The van der Waals surface area contributed by atoms with Gasteiger partial charge < -0.3 is 29.3 Å². The van der Waals surface area contributed by atoms with Crippen molar-refractivity contribution in [2.24, 2.45) is 10.2 Å². The lowest BCUT2D eigenvalue weighted by molar-refractivity contribution is -0.111. The first-order valence-corrected chi connectivity index (χ1v) is 14.5. The van der Waals surface area contributed by atoms with Crippen LogP contribution in [0.2, 0.25) is 0 Å². The van der Waals surface area contributed by atoms with Gasteiger partial charge in [0.2, 0.25) is 5.78 Å². The Morgan fingerprint density at radius 3 is 2.00 bits per heavy atom. The normalized spacial score (nSPS) is 12.5. The minimum Gasteiger partial charge on any atom is -0.505 e. The average Bonchev–Trinajstić information content (AvgIpc) is 3.43. The summed E-state index contributed by atoms with van der Waals surface area (Å²) in [6.45, 7) is 1.62. The number of aromatic hydroxyl groups is 2. The van der Waals surface area contributed by atoms with E-state index < -0.39 is 27.3 Å². The maximum atomic E-state index is 13.2. The number of phenolic OH excluding ortho intramolecular Hbond substituents is 2. The van der Waals surface area contributed by atoms with Crippen molar-refractivity contribution in [2.75, 3.05) is 18.9 Å². The molecule has 0 aliphatic rings. The number of hydrogen-bond acceptors (Lipinski definition) is 12. The number of ether oxygens (including phenoxy) is 2. The highest BCUT2D eigenvalue weighted by Gasteiger charge is 2.17. The maximum Gasteiger partial charge on any atom is 0.263 e. The summed E-state index contributed by atoms with van der Waals surface area (Å²) >= 11 is 0. The molecule has 0 aliphatic heterocycles. The van der Waals surface area contributed by atoms with E-state index in [1.54, 1.807) is 19.1 Å². The van der Waals surface area contributed by atoms with Gasteiger partial charge in [0.25, 0.3) is 10.0 Å². The van der Waals surface area contributed by atoms with E-state index in [0.29, 0.717) is 16.9 Å². The molecule has 3 aromatic carbocycles. The number of anilines is 1. The number of carbonyl (C=O) groups is 1. The molecular formula is C31H28N4O9S. The second-order valence-electron chi connectivity index (χ2n) is 9.25. The zero-order chi connectivity index (χ0) is 32.6. The molecule has 0 bridgehead atoms. The maximum absolute atomic E-state index is 13.2. The van der Waals surface area contributed by atoms with Gasteiger partial charge in [-0.3, -0.25) is 9.52 Å². The first-order chi connectivity index (χ1) is 21.5. The minimum atomic E-state index is -3.97. The highest BCUT2D eigenvalue weighted by Crippen LogP contribution is 2.28. The Kier molecular flexibility index (Phi) is 10.0. The number of azo groups is 1. The average molecular weight is 633 g/mol. The van der Waals surface area contributed by atoms with Crippen LogP contribution in [-0.4, -0.2) is 48.9 Å². The van der Waals surface area contributed by atoms with Crippen molar-refractivity contribution >= 4 is 39.5 Å². The van der Waals surface area contributed by atoms with Gasteiger partial charge in [0, 0.05) is 6.07 Å². The molecular weight excluding hydrogens is 604 g/mol. The molecule has 0 unspecified atom stereocenters. The van der Waals surface area contributed by atoms with Gasteiger partial charge in [-0.1, -0.05) is 29.4 Å². The molecule has 232 valence electrons. The van der Waals surface area contributed by atoms with E-state index in [1.165, 1.54) is 87.0 Å². The Morgan fingerprint density at radius 1 is 0.889 bits per heavy atom. The standard InChI is InChI=1S/C31H28N4O9S/c1-19-16-30(34-44-19)35-45(40,41)23-10-8-22(9-11-23)32-33-31(26(38)14-6-20-4-12-24(36)28(17-20)42-2)27(39)15-7-21-5-13-25(37)29(18-21)43-3/h4-18,36-38H,1-3H3,(H,34,35)/b14-6+,15-7+,31-26?,33-32?. The van der Waals surface area contributed by atoms with Gasteiger partial charge in [-0.15, -0.1) is 5.11 Å². The van der Waals surface area contributed by atoms with Crippen molar-refractivity contribution in [3.63, 3.8) is 0 Å². The molecule has 14 heteroatoms. The third kappa shape index (κ3) is 8.36. The number of nitrogens with zero attached hydrogens (tertiary/aromatic N) is 3. The zero-order valence-corrected chi connectivity index (χ0v) is 25.0. The van der Waals surface area contributed by atoms with E-state index in [9.17, 15) is 28.5 Å². The number of aromatic nitrogens is 1. The summed E-state index contributed by atoms with van der Waals surface area (Å²) in [5, 5.41) is 42.1. The smallest absolute Gasteiger partial charge is 0.263 e. The number of aliphatic hydroxyl groups excluding tert-OH is 1. The third-order valence-corrected chi connectivity index (χ3v) is 7.39. The zero-order valence-electron chi connectivity index (χ0n) is 24.2. The Labute approximate surface area is 258 Å². The molecule has 45 heavy (non-hydrogen) atoms. The fraction of sp³-hybridized carbons (Fsp3) is 0.0968. The number of carbonyl (C=O) groups excluding carboxylic acids is 1. The summed E-state index contributed by atoms with van der Waals surface area (Å²) in [5.74, 6) is -0.534. The Bertz CT molecular complexity index is 1930. The molecule has 4 N–H and O–H groups in total. The lowest BCUT2D eigenvalue weighted by Gasteiger charge is -2.05. The molecule has 4 aromatic rings. The van der Waals surface area contributed by atoms with Gasteiger partial charge in [0.05, 0.1) is 24.8 Å². The fourth-order valence-electron chi connectivity index (χ4n) is 3.74. The summed E-state index contributed by atoms with van der Waals surface area (Å²) in [6.07, 6.45) is 5.28. The molecule has 1 heterocycles. The molecule has 0 saturated heterocycles. The molecule has 0 spiro atoms. The Hall–Kier alpha value is -5.89. The lowest BCUT2D eigenvalue weighted by Crippen LogP contribution is -2.12. The summed E-state index contributed by atoms with van der Waals surface area (Å²) in [7, 11) is -1.19. The molecule has 0 saturated carbocycles. The Balaban J connectivity index is 1.62. The van der Waals surface area contributed by atoms with Gasteiger partial charge in [-0.2, -0.15) is 5.11 Å². The first kappa shape index (κ1) is 32.0. The molecule has 0 aliphatic carbocycles. The van der Waals surface area contributed by atoms with Crippen molar-refractivity contribution in [1.29, 1.82) is 0 Å². The van der Waals surface area contributed by atoms with E-state index in [1.807, 2.05) is 0 Å². The molecule has 0 atom stereocenters. The molecule has 1 aromatic heterocycles. The SMILES string of the molecule is COc1cc(/C=C/C(=O)C(N=Nc2ccc(S(=O)(=O)Nc3cc(C)on3)cc2)=C(O)/C=C/c2ccc(O)c(OC)c2)ccc1O. The van der Waals surface area contributed by atoms with Crippen molar-refractivity contribution in [3.05, 3.63) is 107 Å². The monoisotopic (exact) mass is 632 g/mol. The number of ketones is 1. The van der Waals surface area contributed by atoms with Gasteiger partial charge in [0.15, 0.2) is 34.5 Å². The number of benzene rings is 3. The van der Waals surface area contributed by atoms with Crippen LogP contribution >= 0.6 is 0 Å². The van der Waals surface area contributed by atoms with Crippen molar-refractivity contribution in [3.8, 4) is 23.0 Å². The number of nitrogens with one attached hydrogen (secondary N) is 1. The number of hydrogen-bond donors (Lipinski definition) is 4. The number of rotatable bonds is 12. The van der Waals surface area contributed by atoms with Crippen LogP contribution in [0.1, 0.15) is 16.9 Å². The van der Waals surface area contributed by atoms with Crippen LogP contribution in [0.3, 0.4) is 0 Å². The predicted molar refractivity (Wildman–Crippen MR) is 165 cm³/mol. The summed E-state index contributed by atoms with van der Waals surface area (Å²) in [4.78, 5) is 13.1. The fourth-order valence-corrected chi connectivity index (χ4v) is 4.72. The van der Waals surface area contributed by atoms with Crippen molar-refractivity contribution in [2.45, 2.75) is 11.8 Å². The van der Waals surface area contributed by atoms with E-state index >= 15 is 0 Å². The summed E-state index contributed by atoms with van der Waals surface area (Å²) in [5.41, 5.74) is 0.812. The number of sulfonamides is 1. The number of aryl methyl sites for hydroxylation is 1. The van der Waals surface area contributed by atoms with Crippen LogP contribution < -0.4 is 14.2 Å². The van der Waals surface area contributed by atoms with E-state index in [2.05, 4.69) is 20.1 Å². The highest BCUT2D eigenvalue weighted by atomic mass is 32.2. The van der Waals surface area contributed by atoms with Crippen molar-refractivity contribution < 1.29 is 42.5 Å². The van der Waals surface area contributed by atoms with Crippen LogP contribution in [0, 0.1) is 6.92 Å². The van der Waals surface area contributed by atoms with Crippen LogP contribution in [0.25, 0.3) is 12.2 Å².